The summed E-state index contributed by atoms with van der Waals surface area (Å²) in [5, 5.41) is 3.32. The average Bonchev–Trinajstić information content (AvgIpc) is 2.78. The van der Waals surface area contributed by atoms with Crippen molar-refractivity contribution >= 4 is 24.0 Å². The average molecular weight is 297 g/mol. The summed E-state index contributed by atoms with van der Waals surface area (Å²) < 4.78 is 5.59. The second-order valence-electron chi connectivity index (χ2n) is 5.33. The first-order chi connectivity index (χ1) is 9.24. The normalized spacial score (nSPS) is 21.4. The molecule has 0 bridgehead atoms. The number of carbonyl (C=O) groups excluding carboxylic acids is 1. The molecular weight excluding hydrogens is 276 g/mol. The van der Waals surface area contributed by atoms with Crippen molar-refractivity contribution in [3.63, 3.8) is 0 Å². The minimum absolute atomic E-state index is 0. The summed E-state index contributed by atoms with van der Waals surface area (Å²) in [6, 6.07) is 5.98. The van der Waals surface area contributed by atoms with Gasteiger partial charge in [-0.1, -0.05) is 0 Å². The number of ether oxygens (including phenoxy) is 1. The van der Waals surface area contributed by atoms with Gasteiger partial charge in [0, 0.05) is 37.5 Å². The van der Waals surface area contributed by atoms with Crippen molar-refractivity contribution in [1.29, 1.82) is 0 Å². The number of nitrogens with zero attached hydrogens (tertiary/aromatic N) is 1. The van der Waals surface area contributed by atoms with Crippen LogP contribution in [0.4, 0.5) is 5.69 Å². The molecule has 1 aromatic carbocycles. The Morgan fingerprint density at radius 2 is 2.30 bits per heavy atom. The van der Waals surface area contributed by atoms with Gasteiger partial charge in [0.1, 0.15) is 0 Å². The summed E-state index contributed by atoms with van der Waals surface area (Å²) in [6.45, 7) is 5.23. The van der Waals surface area contributed by atoms with Crippen LogP contribution < -0.4 is 5.32 Å². The quantitative estimate of drug-likeness (QED) is 0.865. The van der Waals surface area contributed by atoms with E-state index >= 15 is 0 Å². The number of carbonyl (C=O) groups is 1. The summed E-state index contributed by atoms with van der Waals surface area (Å²) >= 11 is 0. The van der Waals surface area contributed by atoms with Crippen LogP contribution in [0.15, 0.2) is 18.2 Å². The zero-order valence-electron chi connectivity index (χ0n) is 11.7. The lowest BCUT2D eigenvalue weighted by atomic mass is 10.1. The van der Waals surface area contributed by atoms with Crippen molar-refractivity contribution < 1.29 is 9.53 Å². The van der Waals surface area contributed by atoms with E-state index in [1.807, 2.05) is 30.0 Å². The minimum Gasteiger partial charge on any atom is -0.384 e. The highest BCUT2D eigenvalue weighted by Gasteiger charge is 2.22. The third kappa shape index (κ3) is 3.07. The second kappa shape index (κ2) is 6.46. The van der Waals surface area contributed by atoms with Crippen molar-refractivity contribution in [3.05, 3.63) is 29.3 Å². The molecule has 0 saturated carbocycles. The number of hydrogen-bond donors (Lipinski definition) is 1. The van der Waals surface area contributed by atoms with Gasteiger partial charge in [-0.25, -0.2) is 0 Å². The fourth-order valence-corrected chi connectivity index (χ4v) is 2.80. The lowest BCUT2D eigenvalue weighted by Gasteiger charge is -2.22. The van der Waals surface area contributed by atoms with E-state index in [2.05, 4.69) is 5.32 Å². The van der Waals surface area contributed by atoms with Gasteiger partial charge < -0.3 is 15.0 Å². The van der Waals surface area contributed by atoms with Crippen LogP contribution in [-0.4, -0.2) is 43.2 Å². The zero-order chi connectivity index (χ0) is 13.2. The minimum atomic E-state index is 0. The molecule has 110 valence electrons. The van der Waals surface area contributed by atoms with E-state index < -0.39 is 0 Å². The predicted octanol–water partition coefficient (Wildman–Crippen LogP) is 2.33. The van der Waals surface area contributed by atoms with E-state index in [-0.39, 0.29) is 24.4 Å². The first kappa shape index (κ1) is 15.1. The number of rotatable bonds is 1. The van der Waals surface area contributed by atoms with Crippen molar-refractivity contribution in [2.75, 3.05) is 31.6 Å². The first-order valence-electron chi connectivity index (χ1n) is 7.02. The Balaban J connectivity index is 0.00000147. The van der Waals surface area contributed by atoms with Gasteiger partial charge in [0.25, 0.3) is 5.91 Å². The third-order valence-corrected chi connectivity index (χ3v) is 3.80. The second-order valence-corrected chi connectivity index (χ2v) is 5.33. The molecule has 0 aromatic heterocycles. The number of halogens is 1. The van der Waals surface area contributed by atoms with Crippen LogP contribution in [0.5, 0.6) is 0 Å². The molecule has 1 saturated heterocycles. The van der Waals surface area contributed by atoms with Crippen LogP contribution in [0.2, 0.25) is 0 Å². The summed E-state index contributed by atoms with van der Waals surface area (Å²) in [5.74, 6) is 0.132. The number of nitrogens with one attached hydrogen (secondary N) is 1. The number of anilines is 1. The zero-order valence-corrected chi connectivity index (χ0v) is 12.5. The number of fused-ring (bicyclic) bond motifs is 1. The van der Waals surface area contributed by atoms with Gasteiger partial charge in [-0.05, 0) is 43.5 Å². The van der Waals surface area contributed by atoms with E-state index in [1.54, 1.807) is 0 Å². The van der Waals surface area contributed by atoms with E-state index in [4.69, 9.17) is 4.74 Å². The molecule has 2 heterocycles. The Hall–Kier alpha value is -1.26. The van der Waals surface area contributed by atoms with Crippen LogP contribution in [0.25, 0.3) is 0 Å². The first-order valence-corrected chi connectivity index (χ1v) is 7.02. The summed E-state index contributed by atoms with van der Waals surface area (Å²) in [5.41, 5.74) is 3.23. The van der Waals surface area contributed by atoms with E-state index in [0.717, 1.165) is 38.1 Å². The highest BCUT2D eigenvalue weighted by Crippen LogP contribution is 2.24. The molecule has 0 spiro atoms. The molecule has 5 heteroatoms. The Labute approximate surface area is 125 Å². The van der Waals surface area contributed by atoms with Crippen LogP contribution in [-0.2, 0) is 11.2 Å². The van der Waals surface area contributed by atoms with Crippen LogP contribution in [0.3, 0.4) is 0 Å². The van der Waals surface area contributed by atoms with Gasteiger partial charge in [-0.3, -0.25) is 4.79 Å². The van der Waals surface area contributed by atoms with E-state index in [1.165, 1.54) is 11.3 Å². The Bertz CT molecular complexity index is 493. The van der Waals surface area contributed by atoms with Gasteiger partial charge in [0.15, 0.2) is 0 Å². The molecule has 20 heavy (non-hydrogen) atoms. The fourth-order valence-electron chi connectivity index (χ4n) is 2.80. The van der Waals surface area contributed by atoms with E-state index in [9.17, 15) is 4.79 Å². The van der Waals surface area contributed by atoms with E-state index in [0.29, 0.717) is 6.54 Å². The van der Waals surface area contributed by atoms with Gasteiger partial charge in [-0.2, -0.15) is 0 Å². The molecule has 0 aliphatic carbocycles. The molecule has 2 aliphatic heterocycles. The molecule has 4 nitrogen and oxygen atoms in total. The third-order valence-electron chi connectivity index (χ3n) is 3.80. The smallest absolute Gasteiger partial charge is 0.253 e. The lowest BCUT2D eigenvalue weighted by Crippen LogP contribution is -2.35. The van der Waals surface area contributed by atoms with Gasteiger partial charge >= 0.3 is 0 Å². The standard InChI is InChI=1S/C15H20N2O2.ClH/c1-11-10-17(7-2-8-19-11)15(18)13-3-4-14-12(9-13)5-6-16-14;/h3-4,9,11,16H,2,5-8,10H2,1H3;1H. The topological polar surface area (TPSA) is 41.6 Å². The summed E-state index contributed by atoms with van der Waals surface area (Å²) in [6.07, 6.45) is 2.06. The highest BCUT2D eigenvalue weighted by atomic mass is 35.5. The lowest BCUT2D eigenvalue weighted by molar-refractivity contribution is 0.0562. The summed E-state index contributed by atoms with van der Waals surface area (Å²) in [4.78, 5) is 14.5. The van der Waals surface area contributed by atoms with Crippen LogP contribution in [0.1, 0.15) is 29.3 Å². The fraction of sp³-hybridized carbons (Fsp3) is 0.533. The molecule has 3 rings (SSSR count). The molecule has 1 unspecified atom stereocenters. The molecule has 1 amide bonds. The highest BCUT2D eigenvalue weighted by molar-refractivity contribution is 5.95. The van der Waals surface area contributed by atoms with Crippen molar-refractivity contribution in [1.82, 2.24) is 4.90 Å². The molecular formula is C15H21ClN2O2. The maximum atomic E-state index is 12.5. The van der Waals surface area contributed by atoms with Gasteiger partial charge in [0.2, 0.25) is 0 Å². The Kier molecular flexibility index (Phi) is 4.89. The molecule has 1 fully saturated rings. The molecule has 2 aliphatic rings. The molecule has 1 atom stereocenters. The SMILES string of the molecule is CC1CN(C(=O)c2ccc3c(c2)CCN3)CCCO1.Cl. The van der Waals surface area contributed by atoms with Gasteiger partial charge in [0.05, 0.1) is 6.10 Å². The van der Waals surface area contributed by atoms with Crippen molar-refractivity contribution in [2.24, 2.45) is 0 Å². The molecule has 1 aromatic rings. The van der Waals surface area contributed by atoms with Crippen LogP contribution in [0, 0.1) is 0 Å². The number of amides is 1. The Morgan fingerprint density at radius 1 is 1.45 bits per heavy atom. The van der Waals surface area contributed by atoms with Gasteiger partial charge in [-0.15, -0.1) is 12.4 Å². The monoisotopic (exact) mass is 296 g/mol. The molecule has 1 N–H and O–H groups in total. The largest absolute Gasteiger partial charge is 0.384 e. The number of hydrogen-bond acceptors (Lipinski definition) is 3. The maximum absolute atomic E-state index is 12.5. The predicted molar refractivity (Wildman–Crippen MR) is 81.8 cm³/mol. The number of benzene rings is 1. The van der Waals surface area contributed by atoms with Crippen LogP contribution >= 0.6 is 12.4 Å². The maximum Gasteiger partial charge on any atom is 0.253 e. The Morgan fingerprint density at radius 3 is 3.15 bits per heavy atom. The van der Waals surface area contributed by atoms with Crippen molar-refractivity contribution in [3.8, 4) is 0 Å². The molecule has 0 radical (unpaired) electrons. The van der Waals surface area contributed by atoms with Crippen molar-refractivity contribution in [2.45, 2.75) is 25.9 Å². The summed E-state index contributed by atoms with van der Waals surface area (Å²) in [7, 11) is 0.